The second-order valence-corrected chi connectivity index (χ2v) is 18.7. The molecule has 0 fully saturated rings. The summed E-state index contributed by atoms with van der Waals surface area (Å²) >= 11 is 0. The number of aromatic nitrogens is 1. The van der Waals surface area contributed by atoms with Crippen LogP contribution in [0.3, 0.4) is 0 Å². The smallest absolute Gasteiger partial charge is 0.216 e. The van der Waals surface area contributed by atoms with Gasteiger partial charge in [-0.15, -0.1) is 0 Å². The molecule has 212 valence electrons. The van der Waals surface area contributed by atoms with E-state index in [0.29, 0.717) is 5.56 Å². The zero-order valence-electron chi connectivity index (χ0n) is 29.0. The van der Waals surface area contributed by atoms with E-state index >= 15 is 0 Å². The van der Waals surface area contributed by atoms with Crippen LogP contribution < -0.4 is 9.75 Å². The topological polar surface area (TPSA) is 17.0 Å². The van der Waals surface area contributed by atoms with Crippen LogP contribution in [-0.2, 0) is 12.5 Å². The fourth-order valence-corrected chi connectivity index (χ4v) is 7.20. The molecule has 0 bridgehead atoms. The predicted molar refractivity (Wildman–Crippen MR) is 182 cm³/mol. The van der Waals surface area contributed by atoms with Crippen molar-refractivity contribution in [3.63, 3.8) is 0 Å². The monoisotopic (exact) mass is 571 g/mol. The van der Waals surface area contributed by atoms with Gasteiger partial charge in [-0.3, -0.25) is 0 Å². The van der Waals surface area contributed by atoms with Crippen molar-refractivity contribution >= 4 is 35.2 Å². The van der Waals surface area contributed by atoms with Crippen molar-refractivity contribution < 1.29 is 13.1 Å². The van der Waals surface area contributed by atoms with Crippen LogP contribution in [-0.4, -0.2) is 8.07 Å². The van der Waals surface area contributed by atoms with Gasteiger partial charge in [-0.2, -0.15) is 0 Å². The second-order valence-electron chi connectivity index (χ2n) is 13.7. The summed E-state index contributed by atoms with van der Waals surface area (Å²) in [5, 5.41) is 3.59. The Morgan fingerprint density at radius 1 is 0.762 bits per heavy atom. The van der Waals surface area contributed by atoms with Gasteiger partial charge in [0.15, 0.2) is 6.20 Å². The molecule has 3 heteroatoms. The molecule has 2 heterocycles. The Hall–Kier alpha value is -3.95. The van der Waals surface area contributed by atoms with E-state index in [-0.39, 0.29) is 5.41 Å². The van der Waals surface area contributed by atoms with Crippen LogP contribution in [0.15, 0.2) is 95.5 Å². The summed E-state index contributed by atoms with van der Waals surface area (Å²) in [6, 6.07) is 29.3. The highest BCUT2D eigenvalue weighted by Gasteiger charge is 2.28. The molecule has 2 nitrogen and oxygen atoms in total. The van der Waals surface area contributed by atoms with E-state index in [0.717, 1.165) is 61.0 Å². The maximum Gasteiger partial charge on any atom is 0.216 e. The van der Waals surface area contributed by atoms with E-state index in [1.165, 1.54) is 10.8 Å². The number of fused-ring (bicyclic) bond motifs is 3. The van der Waals surface area contributed by atoms with E-state index in [4.69, 9.17) is 8.53 Å². The molecular weight excluding hydrogens is 527 g/mol. The molecule has 2 aromatic heterocycles. The number of pyridine rings is 1. The minimum absolute atomic E-state index is 0.211. The van der Waals surface area contributed by atoms with Gasteiger partial charge < -0.3 is 4.42 Å². The van der Waals surface area contributed by atoms with Gasteiger partial charge in [-0.25, -0.2) is 4.57 Å². The third-order valence-corrected chi connectivity index (χ3v) is 10.6. The average molecular weight is 572 g/mol. The lowest BCUT2D eigenvalue weighted by atomic mass is 9.81. The van der Waals surface area contributed by atoms with Crippen LogP contribution in [0.5, 0.6) is 0 Å². The summed E-state index contributed by atoms with van der Waals surface area (Å²) in [6.45, 7) is 13.5. The Morgan fingerprint density at radius 3 is 2.14 bits per heavy atom. The Balaban J connectivity index is 1.57. The molecular formula is C39H42NOSi+. The third kappa shape index (κ3) is 4.90. The van der Waals surface area contributed by atoms with Crippen LogP contribution in [0.25, 0.3) is 55.4 Å². The summed E-state index contributed by atoms with van der Waals surface area (Å²) in [5.41, 5.74) is 9.99. The molecule has 0 unspecified atom stereocenters. The first-order chi connectivity index (χ1) is 21.0. The van der Waals surface area contributed by atoms with Crippen LogP contribution in [0.4, 0.5) is 0 Å². The van der Waals surface area contributed by atoms with Gasteiger partial charge in [0.1, 0.15) is 18.2 Å². The summed E-state index contributed by atoms with van der Waals surface area (Å²) in [7, 11) is 0.690. The molecule has 6 rings (SSSR count). The van der Waals surface area contributed by atoms with Gasteiger partial charge in [0.05, 0.1) is 13.6 Å². The maximum absolute atomic E-state index is 8.29. The highest BCUT2D eigenvalue weighted by molar-refractivity contribution is 6.88. The molecule has 0 aliphatic rings. The lowest BCUT2D eigenvalue weighted by Crippen LogP contribution is -2.37. The number of rotatable bonds is 4. The first-order valence-corrected chi connectivity index (χ1v) is 18.3. The summed E-state index contributed by atoms with van der Waals surface area (Å²) < 4.78 is 33.7. The quantitative estimate of drug-likeness (QED) is 0.152. The zero-order chi connectivity index (χ0) is 32.5. The molecule has 0 aliphatic heterocycles. The molecule has 0 aliphatic carbocycles. The van der Waals surface area contributed by atoms with Gasteiger partial charge >= 0.3 is 0 Å². The minimum Gasteiger partial charge on any atom is -0.455 e. The molecule has 4 aromatic carbocycles. The molecule has 42 heavy (non-hydrogen) atoms. The van der Waals surface area contributed by atoms with Gasteiger partial charge in [-0.05, 0) is 64.7 Å². The first kappa shape index (κ1) is 24.6. The average Bonchev–Trinajstić information content (AvgIpc) is 3.34. The minimum atomic E-state index is -2.23. The Morgan fingerprint density at radius 2 is 1.45 bits per heavy atom. The van der Waals surface area contributed by atoms with Gasteiger partial charge in [0.25, 0.3) is 0 Å². The fraction of sp³-hybridized carbons (Fsp3) is 0.256. The Kier molecular flexibility index (Phi) is 5.92. The molecule has 6 aromatic rings. The fourth-order valence-electron chi connectivity index (χ4n) is 6.04. The normalized spacial score (nSPS) is 13.8. The number of hydrogen-bond donors (Lipinski definition) is 0. The van der Waals surface area contributed by atoms with Crippen LogP contribution >= 0.6 is 0 Å². The Labute approximate surface area is 255 Å². The largest absolute Gasteiger partial charge is 0.455 e. The van der Waals surface area contributed by atoms with Crippen molar-refractivity contribution in [2.45, 2.75) is 59.6 Å². The molecule has 0 atom stereocenters. The van der Waals surface area contributed by atoms with Crippen LogP contribution in [0.2, 0.25) is 19.6 Å². The maximum atomic E-state index is 8.29. The van der Waals surface area contributed by atoms with Gasteiger partial charge in [0.2, 0.25) is 5.69 Å². The van der Waals surface area contributed by atoms with Crippen LogP contribution in [0.1, 0.15) is 41.6 Å². The van der Waals surface area contributed by atoms with Crippen molar-refractivity contribution in [2.24, 2.45) is 7.05 Å². The number of furan rings is 1. The molecule has 0 amide bonds. The number of nitrogens with zero attached hydrogens (tertiary/aromatic N) is 1. The van der Waals surface area contributed by atoms with Gasteiger partial charge in [0, 0.05) is 26.5 Å². The summed E-state index contributed by atoms with van der Waals surface area (Å²) in [6.07, 6.45) is 2.16. The van der Waals surface area contributed by atoms with Crippen molar-refractivity contribution in [1.82, 2.24) is 0 Å². The van der Waals surface area contributed by atoms with E-state index in [1.807, 2.05) is 12.1 Å². The van der Waals surface area contributed by atoms with Crippen LogP contribution in [0, 0.1) is 13.8 Å². The van der Waals surface area contributed by atoms with Crippen molar-refractivity contribution in [3.05, 3.63) is 108 Å². The standard InChI is InChI=1S/C39H42NOSi/c1-25-12-10-11-13-30(25)33-23-35(40(6)24-34(33)39(3,4)5)37-26(2)14-20-32-31-21-17-28(22-36(31)41-38(32)37)27-15-18-29(19-16-27)42(7,8)9/h10-24H,1-9H3/q+1/i1D3. The summed E-state index contributed by atoms with van der Waals surface area (Å²) in [5.74, 6) is 0. The molecule has 0 radical (unpaired) electrons. The summed E-state index contributed by atoms with van der Waals surface area (Å²) in [4.78, 5) is 0. The lowest BCUT2D eigenvalue weighted by Gasteiger charge is -2.23. The highest BCUT2D eigenvalue weighted by Crippen LogP contribution is 2.41. The zero-order valence-corrected chi connectivity index (χ0v) is 27.0. The van der Waals surface area contributed by atoms with Crippen molar-refractivity contribution in [3.8, 4) is 33.5 Å². The van der Waals surface area contributed by atoms with E-state index in [2.05, 4.69) is 126 Å². The predicted octanol–water partition coefficient (Wildman–Crippen LogP) is 9.87. The van der Waals surface area contributed by atoms with E-state index < -0.39 is 14.9 Å². The second kappa shape index (κ2) is 10.1. The SMILES string of the molecule is [2H]C([2H])([2H])c1ccccc1-c1cc(-c2c(C)ccc3c2oc2cc(-c4ccc([Si](C)(C)C)cc4)ccc23)[n+](C)cc1C(C)(C)C. The first-order valence-electron chi connectivity index (χ1n) is 16.3. The lowest BCUT2D eigenvalue weighted by molar-refractivity contribution is -0.660. The molecule has 0 saturated carbocycles. The Bertz CT molecular complexity index is 2070. The third-order valence-electron chi connectivity index (χ3n) is 8.49. The van der Waals surface area contributed by atoms with E-state index in [9.17, 15) is 0 Å². The van der Waals surface area contributed by atoms with Gasteiger partial charge in [-0.1, -0.05) is 112 Å². The number of aryl methyl sites for hydroxylation is 3. The molecule has 0 spiro atoms. The number of hydrogen-bond acceptors (Lipinski definition) is 1. The molecule has 0 N–H and O–H groups in total. The number of benzene rings is 4. The molecule has 0 saturated heterocycles. The van der Waals surface area contributed by atoms with Crippen molar-refractivity contribution in [1.29, 1.82) is 0 Å². The van der Waals surface area contributed by atoms with Crippen molar-refractivity contribution in [2.75, 3.05) is 0 Å². The highest BCUT2D eigenvalue weighted by atomic mass is 28.3. The van der Waals surface area contributed by atoms with E-state index in [1.54, 1.807) is 12.1 Å².